The van der Waals surface area contributed by atoms with Gasteiger partial charge in [0.2, 0.25) is 0 Å². The zero-order valence-electron chi connectivity index (χ0n) is 16.2. The first-order valence-corrected chi connectivity index (χ1v) is 10.1. The summed E-state index contributed by atoms with van der Waals surface area (Å²) in [6, 6.07) is 20.8. The molecule has 0 aliphatic heterocycles. The van der Waals surface area contributed by atoms with E-state index in [1.165, 1.54) is 6.33 Å². The quantitative estimate of drug-likeness (QED) is 0.388. The molecular formula is C24H19BrN2O3. The molecule has 0 radical (unpaired) electrons. The van der Waals surface area contributed by atoms with Crippen LogP contribution in [-0.2, 0) is 6.61 Å². The number of halogens is 1. The van der Waals surface area contributed by atoms with Gasteiger partial charge in [0.25, 0.3) is 0 Å². The van der Waals surface area contributed by atoms with Crippen LogP contribution in [0.5, 0.6) is 17.2 Å². The number of para-hydroxylation sites is 1. The van der Waals surface area contributed by atoms with Gasteiger partial charge in [-0.2, -0.15) is 0 Å². The van der Waals surface area contributed by atoms with Crippen LogP contribution in [0.25, 0.3) is 22.4 Å². The average Bonchev–Trinajstić information content (AvgIpc) is 2.79. The molecule has 3 aromatic carbocycles. The number of aromatic nitrogens is 2. The highest BCUT2D eigenvalue weighted by Crippen LogP contribution is 2.39. The molecule has 1 aromatic heterocycles. The molecule has 4 rings (SSSR count). The van der Waals surface area contributed by atoms with E-state index in [0.717, 1.165) is 21.2 Å². The highest BCUT2D eigenvalue weighted by atomic mass is 79.9. The van der Waals surface area contributed by atoms with Crippen LogP contribution in [0.2, 0.25) is 0 Å². The molecule has 0 atom stereocenters. The largest absolute Gasteiger partial charge is 0.507 e. The first-order valence-electron chi connectivity index (χ1n) is 9.29. The van der Waals surface area contributed by atoms with Gasteiger partial charge in [-0.05, 0) is 35.9 Å². The highest BCUT2D eigenvalue weighted by molar-refractivity contribution is 9.10. The topological polar surface area (TPSA) is 64.5 Å². The maximum Gasteiger partial charge on any atom is 0.128 e. The second-order valence-electron chi connectivity index (χ2n) is 6.58. The number of benzene rings is 3. The van der Waals surface area contributed by atoms with Crippen LogP contribution >= 0.6 is 15.9 Å². The van der Waals surface area contributed by atoms with Crippen LogP contribution in [0.3, 0.4) is 0 Å². The second kappa shape index (κ2) is 8.97. The molecule has 0 spiro atoms. The number of rotatable bonds is 6. The molecule has 0 bridgehead atoms. The molecule has 0 saturated heterocycles. The van der Waals surface area contributed by atoms with E-state index < -0.39 is 0 Å². The van der Waals surface area contributed by atoms with Crippen molar-refractivity contribution in [3.63, 3.8) is 0 Å². The summed E-state index contributed by atoms with van der Waals surface area (Å²) < 4.78 is 12.3. The van der Waals surface area contributed by atoms with Crippen LogP contribution in [0.4, 0.5) is 0 Å². The first-order chi connectivity index (χ1) is 14.7. The Morgan fingerprint density at radius 1 is 0.933 bits per heavy atom. The Morgan fingerprint density at radius 3 is 2.50 bits per heavy atom. The number of hydrogen-bond donors (Lipinski definition) is 1. The van der Waals surface area contributed by atoms with Crippen molar-refractivity contribution >= 4 is 15.9 Å². The van der Waals surface area contributed by atoms with Gasteiger partial charge in [-0.1, -0.05) is 46.3 Å². The SMILES string of the molecule is COc1ccccc1-c1cncnc1-c1ccc(OCc2ccc(Br)cc2)cc1O. The van der Waals surface area contributed by atoms with Crippen LogP contribution in [0, 0.1) is 0 Å². The molecule has 30 heavy (non-hydrogen) atoms. The number of ether oxygens (including phenoxy) is 2. The van der Waals surface area contributed by atoms with Crippen molar-refractivity contribution in [1.82, 2.24) is 9.97 Å². The summed E-state index contributed by atoms with van der Waals surface area (Å²) in [4.78, 5) is 8.58. The fourth-order valence-corrected chi connectivity index (χ4v) is 3.42. The number of hydrogen-bond acceptors (Lipinski definition) is 5. The lowest BCUT2D eigenvalue weighted by Gasteiger charge is -2.14. The third-order valence-electron chi connectivity index (χ3n) is 4.65. The summed E-state index contributed by atoms with van der Waals surface area (Å²) in [7, 11) is 1.62. The summed E-state index contributed by atoms with van der Waals surface area (Å²) in [6.07, 6.45) is 3.18. The van der Waals surface area contributed by atoms with Crippen molar-refractivity contribution in [3.05, 3.63) is 89.3 Å². The Kier molecular flexibility index (Phi) is 5.95. The molecule has 0 aliphatic rings. The number of methoxy groups -OCH3 is 1. The van der Waals surface area contributed by atoms with Gasteiger partial charge in [-0.3, -0.25) is 0 Å². The van der Waals surface area contributed by atoms with Crippen LogP contribution in [0.15, 0.2) is 83.7 Å². The van der Waals surface area contributed by atoms with Crippen molar-refractivity contribution in [2.75, 3.05) is 7.11 Å². The van der Waals surface area contributed by atoms with Gasteiger partial charge in [0.1, 0.15) is 30.2 Å². The zero-order valence-corrected chi connectivity index (χ0v) is 17.8. The van der Waals surface area contributed by atoms with Crippen LogP contribution in [0.1, 0.15) is 5.56 Å². The molecule has 5 nitrogen and oxygen atoms in total. The zero-order chi connectivity index (χ0) is 20.9. The monoisotopic (exact) mass is 462 g/mol. The minimum absolute atomic E-state index is 0.0816. The summed E-state index contributed by atoms with van der Waals surface area (Å²) in [6.45, 7) is 0.409. The Bertz CT molecular complexity index is 1160. The van der Waals surface area contributed by atoms with Gasteiger partial charge in [0.05, 0.1) is 12.8 Å². The van der Waals surface area contributed by atoms with E-state index in [1.54, 1.807) is 25.4 Å². The average molecular weight is 463 g/mol. The molecule has 150 valence electrons. The van der Waals surface area contributed by atoms with Gasteiger partial charge in [-0.25, -0.2) is 9.97 Å². The van der Waals surface area contributed by atoms with E-state index >= 15 is 0 Å². The van der Waals surface area contributed by atoms with Crippen molar-refractivity contribution in [2.45, 2.75) is 6.61 Å². The van der Waals surface area contributed by atoms with E-state index in [-0.39, 0.29) is 5.75 Å². The summed E-state index contributed by atoms with van der Waals surface area (Å²) in [5.41, 5.74) is 3.87. The third-order valence-corrected chi connectivity index (χ3v) is 5.18. The van der Waals surface area contributed by atoms with Gasteiger partial charge in [0.15, 0.2) is 0 Å². The maximum absolute atomic E-state index is 10.7. The fraction of sp³-hybridized carbons (Fsp3) is 0.0833. The van der Waals surface area contributed by atoms with Crippen molar-refractivity contribution in [2.24, 2.45) is 0 Å². The summed E-state index contributed by atoms with van der Waals surface area (Å²) in [5, 5.41) is 10.7. The standard InChI is InChI=1S/C24H19BrN2O3/c1-29-23-5-3-2-4-19(23)21-13-26-15-27-24(21)20-11-10-18(12-22(20)28)30-14-16-6-8-17(25)9-7-16/h2-13,15,28H,14H2,1H3. The number of aromatic hydroxyl groups is 1. The molecule has 0 saturated carbocycles. The third kappa shape index (κ3) is 4.28. The summed E-state index contributed by atoms with van der Waals surface area (Å²) in [5.74, 6) is 1.37. The minimum Gasteiger partial charge on any atom is -0.507 e. The lowest BCUT2D eigenvalue weighted by Crippen LogP contribution is -1.96. The number of phenols is 1. The van der Waals surface area contributed by atoms with E-state index in [9.17, 15) is 5.11 Å². The molecule has 0 amide bonds. The molecular weight excluding hydrogens is 444 g/mol. The lowest BCUT2D eigenvalue weighted by atomic mass is 9.99. The molecule has 0 unspecified atom stereocenters. The molecule has 1 N–H and O–H groups in total. The van der Waals surface area contributed by atoms with Crippen molar-refractivity contribution in [1.29, 1.82) is 0 Å². The summed E-state index contributed by atoms with van der Waals surface area (Å²) >= 11 is 3.42. The molecule has 6 heteroatoms. The fourth-order valence-electron chi connectivity index (χ4n) is 3.16. The van der Waals surface area contributed by atoms with E-state index in [4.69, 9.17) is 9.47 Å². The lowest BCUT2D eigenvalue weighted by molar-refractivity contribution is 0.304. The van der Waals surface area contributed by atoms with Crippen molar-refractivity contribution < 1.29 is 14.6 Å². The normalized spacial score (nSPS) is 10.6. The van der Waals surface area contributed by atoms with E-state index in [2.05, 4.69) is 25.9 Å². The highest BCUT2D eigenvalue weighted by Gasteiger charge is 2.16. The van der Waals surface area contributed by atoms with Crippen molar-refractivity contribution in [3.8, 4) is 39.6 Å². The predicted molar refractivity (Wildman–Crippen MR) is 120 cm³/mol. The molecule has 0 fully saturated rings. The van der Waals surface area contributed by atoms with Crippen LogP contribution in [-0.4, -0.2) is 22.2 Å². The van der Waals surface area contributed by atoms with Crippen LogP contribution < -0.4 is 9.47 Å². The second-order valence-corrected chi connectivity index (χ2v) is 7.50. The van der Waals surface area contributed by atoms with Gasteiger partial charge in [0, 0.05) is 33.4 Å². The number of nitrogens with zero attached hydrogens (tertiary/aromatic N) is 2. The van der Waals surface area contributed by atoms with Gasteiger partial charge >= 0.3 is 0 Å². The smallest absolute Gasteiger partial charge is 0.128 e. The Morgan fingerprint density at radius 2 is 1.73 bits per heavy atom. The predicted octanol–water partition coefficient (Wildman–Crippen LogP) is 5.87. The molecule has 0 aliphatic carbocycles. The maximum atomic E-state index is 10.7. The molecule has 1 heterocycles. The van der Waals surface area contributed by atoms with Gasteiger partial charge < -0.3 is 14.6 Å². The van der Waals surface area contributed by atoms with E-state index in [1.807, 2.05) is 54.6 Å². The minimum atomic E-state index is 0.0816. The Labute approximate surface area is 183 Å². The van der Waals surface area contributed by atoms with E-state index in [0.29, 0.717) is 29.4 Å². The molecule has 4 aromatic rings. The van der Waals surface area contributed by atoms with Gasteiger partial charge in [-0.15, -0.1) is 0 Å². The number of phenolic OH excluding ortho intramolecular Hbond substituents is 1. The Hall–Kier alpha value is -3.38. The Balaban J connectivity index is 1.63. The first kappa shape index (κ1) is 19.9.